The first-order valence-electron chi connectivity index (χ1n) is 7.61. The molecule has 1 fully saturated rings. The lowest BCUT2D eigenvalue weighted by atomic mass is 9.96. The Labute approximate surface area is 143 Å². The van der Waals surface area contributed by atoms with Gasteiger partial charge in [-0.3, -0.25) is 4.99 Å². The number of nitrogens with zero attached hydrogens (tertiary/aromatic N) is 1. The van der Waals surface area contributed by atoms with Crippen LogP contribution >= 0.6 is 24.0 Å². The average Bonchev–Trinajstić information content (AvgIpc) is 2.89. The third-order valence-corrected chi connectivity index (χ3v) is 4.24. The van der Waals surface area contributed by atoms with E-state index in [9.17, 15) is 0 Å². The number of hydrogen-bond donors (Lipinski definition) is 2. The Bertz CT molecular complexity index is 486. The summed E-state index contributed by atoms with van der Waals surface area (Å²) >= 11 is 0. The summed E-state index contributed by atoms with van der Waals surface area (Å²) in [6.07, 6.45) is 6.38. The van der Waals surface area contributed by atoms with Crippen molar-refractivity contribution in [3.05, 3.63) is 29.8 Å². The fourth-order valence-corrected chi connectivity index (χ4v) is 3.09. The van der Waals surface area contributed by atoms with Crippen molar-refractivity contribution in [2.24, 2.45) is 10.7 Å². The van der Waals surface area contributed by atoms with Crippen molar-refractivity contribution in [3.63, 3.8) is 0 Å². The SMILES string of the molecule is I.NC(=NCC1COc2ccccc21)NC1CCCCC1. The van der Waals surface area contributed by atoms with Crippen molar-refractivity contribution in [3.8, 4) is 5.75 Å². The number of halogens is 1. The quantitative estimate of drug-likeness (QED) is 0.465. The van der Waals surface area contributed by atoms with Gasteiger partial charge in [0.1, 0.15) is 5.75 Å². The fraction of sp³-hybridized carbons (Fsp3) is 0.562. The van der Waals surface area contributed by atoms with E-state index in [-0.39, 0.29) is 24.0 Å². The zero-order valence-electron chi connectivity index (χ0n) is 12.3. The highest BCUT2D eigenvalue weighted by Crippen LogP contribution is 2.33. The van der Waals surface area contributed by atoms with Crippen LogP contribution < -0.4 is 15.8 Å². The maximum absolute atomic E-state index is 6.00. The minimum Gasteiger partial charge on any atom is -0.493 e. The van der Waals surface area contributed by atoms with Crippen molar-refractivity contribution in [2.75, 3.05) is 13.2 Å². The largest absolute Gasteiger partial charge is 0.493 e. The molecule has 1 aromatic rings. The maximum atomic E-state index is 6.00. The molecule has 3 rings (SSSR count). The van der Waals surface area contributed by atoms with E-state index in [1.54, 1.807) is 0 Å². The van der Waals surface area contributed by atoms with E-state index < -0.39 is 0 Å². The molecule has 1 saturated carbocycles. The minimum absolute atomic E-state index is 0. The standard InChI is InChI=1S/C16H23N3O.HI/c17-16(19-13-6-2-1-3-7-13)18-10-12-11-20-15-9-5-4-8-14(12)15;/h4-5,8-9,12-13H,1-3,6-7,10-11H2,(H3,17,18,19);1H. The molecule has 2 aliphatic rings. The smallest absolute Gasteiger partial charge is 0.188 e. The Hall–Kier alpha value is -0.980. The molecule has 1 atom stereocenters. The summed E-state index contributed by atoms with van der Waals surface area (Å²) in [4.78, 5) is 4.50. The number of guanidine groups is 1. The summed E-state index contributed by atoms with van der Waals surface area (Å²) in [5.74, 6) is 1.91. The van der Waals surface area contributed by atoms with Crippen LogP contribution in [0.25, 0.3) is 0 Å². The first kappa shape index (κ1) is 16.4. The highest BCUT2D eigenvalue weighted by Gasteiger charge is 2.23. The molecular formula is C16H24IN3O. The van der Waals surface area contributed by atoms with Crippen molar-refractivity contribution in [2.45, 2.75) is 44.1 Å². The van der Waals surface area contributed by atoms with E-state index in [1.807, 2.05) is 18.2 Å². The van der Waals surface area contributed by atoms with Gasteiger partial charge in [0.05, 0.1) is 13.2 Å². The maximum Gasteiger partial charge on any atom is 0.188 e. The van der Waals surface area contributed by atoms with Crippen LogP contribution in [0, 0.1) is 0 Å². The van der Waals surface area contributed by atoms with Crippen LogP contribution in [-0.2, 0) is 0 Å². The Morgan fingerprint density at radius 1 is 1.24 bits per heavy atom. The monoisotopic (exact) mass is 401 g/mol. The second-order valence-electron chi connectivity index (χ2n) is 5.75. The van der Waals surface area contributed by atoms with Gasteiger partial charge in [0.15, 0.2) is 5.96 Å². The normalized spacial score (nSPS) is 22.1. The molecule has 1 unspecified atom stereocenters. The number of fused-ring (bicyclic) bond motifs is 1. The second kappa shape index (κ2) is 7.87. The van der Waals surface area contributed by atoms with Crippen LogP contribution in [-0.4, -0.2) is 25.2 Å². The number of nitrogens with two attached hydrogens (primary N) is 1. The Balaban J connectivity index is 0.00000161. The van der Waals surface area contributed by atoms with Gasteiger partial charge >= 0.3 is 0 Å². The van der Waals surface area contributed by atoms with Crippen LogP contribution in [0.1, 0.15) is 43.6 Å². The summed E-state index contributed by atoms with van der Waals surface area (Å²) in [5, 5.41) is 3.35. The summed E-state index contributed by atoms with van der Waals surface area (Å²) in [5.41, 5.74) is 7.25. The van der Waals surface area contributed by atoms with Gasteiger partial charge in [0.2, 0.25) is 0 Å². The second-order valence-corrected chi connectivity index (χ2v) is 5.75. The summed E-state index contributed by atoms with van der Waals surface area (Å²) in [6.45, 7) is 1.40. The van der Waals surface area contributed by atoms with Crippen molar-refractivity contribution in [1.82, 2.24) is 5.32 Å². The van der Waals surface area contributed by atoms with Crippen LogP contribution in [0.4, 0.5) is 0 Å². The molecule has 1 aromatic carbocycles. The predicted molar refractivity (Wildman–Crippen MR) is 96.6 cm³/mol. The van der Waals surface area contributed by atoms with E-state index in [4.69, 9.17) is 10.5 Å². The number of aliphatic imine (C=N–C) groups is 1. The Morgan fingerprint density at radius 2 is 2.00 bits per heavy atom. The van der Waals surface area contributed by atoms with E-state index in [1.165, 1.54) is 37.7 Å². The molecule has 0 saturated heterocycles. The van der Waals surface area contributed by atoms with Gasteiger partial charge in [0, 0.05) is 17.5 Å². The molecule has 0 bridgehead atoms. The molecular weight excluding hydrogens is 377 g/mol. The number of ether oxygens (including phenoxy) is 1. The zero-order valence-corrected chi connectivity index (χ0v) is 14.6. The number of hydrogen-bond acceptors (Lipinski definition) is 2. The molecule has 0 spiro atoms. The molecule has 0 aromatic heterocycles. The number of nitrogens with one attached hydrogen (secondary N) is 1. The van der Waals surface area contributed by atoms with Gasteiger partial charge < -0.3 is 15.8 Å². The molecule has 1 aliphatic carbocycles. The van der Waals surface area contributed by atoms with Crippen molar-refractivity contribution in [1.29, 1.82) is 0 Å². The minimum atomic E-state index is 0. The number of para-hydroxylation sites is 1. The Kier molecular flexibility index (Phi) is 6.14. The van der Waals surface area contributed by atoms with Gasteiger partial charge in [-0.25, -0.2) is 0 Å². The van der Waals surface area contributed by atoms with Crippen LogP contribution in [0.3, 0.4) is 0 Å². The highest BCUT2D eigenvalue weighted by molar-refractivity contribution is 14.0. The van der Waals surface area contributed by atoms with E-state index in [0.29, 0.717) is 31.1 Å². The van der Waals surface area contributed by atoms with Crippen LogP contribution in [0.2, 0.25) is 0 Å². The zero-order chi connectivity index (χ0) is 13.8. The average molecular weight is 401 g/mol. The molecule has 21 heavy (non-hydrogen) atoms. The third-order valence-electron chi connectivity index (χ3n) is 4.24. The predicted octanol–water partition coefficient (Wildman–Crippen LogP) is 3.02. The molecule has 4 nitrogen and oxygen atoms in total. The molecule has 0 radical (unpaired) electrons. The lowest BCUT2D eigenvalue weighted by Crippen LogP contribution is -2.41. The van der Waals surface area contributed by atoms with Gasteiger partial charge in [0.25, 0.3) is 0 Å². The molecule has 3 N–H and O–H groups in total. The first-order valence-corrected chi connectivity index (χ1v) is 7.61. The molecule has 116 valence electrons. The highest BCUT2D eigenvalue weighted by atomic mass is 127. The Morgan fingerprint density at radius 3 is 2.81 bits per heavy atom. The van der Waals surface area contributed by atoms with Crippen LogP contribution in [0.5, 0.6) is 5.75 Å². The molecule has 0 amide bonds. The number of rotatable bonds is 3. The van der Waals surface area contributed by atoms with Crippen molar-refractivity contribution < 1.29 is 4.74 Å². The summed E-state index contributed by atoms with van der Waals surface area (Å²) in [7, 11) is 0. The molecule has 1 aliphatic heterocycles. The topological polar surface area (TPSA) is 59.6 Å². The fourth-order valence-electron chi connectivity index (χ4n) is 3.09. The van der Waals surface area contributed by atoms with Gasteiger partial charge in [-0.2, -0.15) is 0 Å². The molecule has 5 heteroatoms. The lowest BCUT2D eigenvalue weighted by molar-refractivity contribution is 0.333. The van der Waals surface area contributed by atoms with Crippen molar-refractivity contribution >= 4 is 29.9 Å². The van der Waals surface area contributed by atoms with E-state index >= 15 is 0 Å². The number of benzene rings is 1. The summed E-state index contributed by atoms with van der Waals surface area (Å²) < 4.78 is 5.66. The molecule has 1 heterocycles. The van der Waals surface area contributed by atoms with Crippen LogP contribution in [0.15, 0.2) is 29.3 Å². The van der Waals surface area contributed by atoms with E-state index in [2.05, 4.69) is 16.4 Å². The first-order chi connectivity index (χ1) is 9.83. The van der Waals surface area contributed by atoms with Gasteiger partial charge in [-0.1, -0.05) is 37.5 Å². The van der Waals surface area contributed by atoms with E-state index in [0.717, 1.165) is 5.75 Å². The lowest BCUT2D eigenvalue weighted by Gasteiger charge is -2.23. The van der Waals surface area contributed by atoms with Gasteiger partial charge in [-0.15, -0.1) is 24.0 Å². The third kappa shape index (κ3) is 4.25. The van der Waals surface area contributed by atoms with Gasteiger partial charge in [-0.05, 0) is 18.9 Å². The summed E-state index contributed by atoms with van der Waals surface area (Å²) in [6, 6.07) is 8.70.